The molecule has 6 nitrogen and oxygen atoms in total. The van der Waals surface area contributed by atoms with E-state index in [9.17, 15) is 9.59 Å². The van der Waals surface area contributed by atoms with Crippen molar-refractivity contribution >= 4 is 29.3 Å². The number of nitrogens with zero attached hydrogens (tertiary/aromatic N) is 3. The summed E-state index contributed by atoms with van der Waals surface area (Å²) in [6.07, 6.45) is 2.60. The van der Waals surface area contributed by atoms with E-state index in [0.717, 1.165) is 11.4 Å². The van der Waals surface area contributed by atoms with Crippen molar-refractivity contribution in [2.24, 2.45) is 5.92 Å². The van der Waals surface area contributed by atoms with Crippen molar-refractivity contribution in [1.82, 2.24) is 9.88 Å². The molecule has 1 atom stereocenters. The summed E-state index contributed by atoms with van der Waals surface area (Å²) >= 11 is 6.04. The molecule has 22 heavy (non-hydrogen) atoms. The molecular weight excluding hydrogens is 306 g/mol. The summed E-state index contributed by atoms with van der Waals surface area (Å²) in [7, 11) is 0. The van der Waals surface area contributed by atoms with Gasteiger partial charge in [0.25, 0.3) is 0 Å². The molecule has 0 spiro atoms. The predicted molar refractivity (Wildman–Crippen MR) is 82.2 cm³/mol. The molecule has 7 heteroatoms. The van der Waals surface area contributed by atoms with Crippen LogP contribution in [0.15, 0.2) is 12.3 Å². The normalized spacial score (nSPS) is 22.6. The molecular formula is C15H18ClN3O3. The third kappa shape index (κ3) is 2.63. The van der Waals surface area contributed by atoms with E-state index in [1.54, 1.807) is 17.2 Å². The van der Waals surface area contributed by atoms with Gasteiger partial charge in [-0.3, -0.25) is 9.78 Å². The SMILES string of the molecule is CC1Cc2ncc(Cl)cc2N(C2CCN(C(=O)O)CC2)C1=O. The molecule has 1 saturated heterocycles. The zero-order chi connectivity index (χ0) is 15.9. The van der Waals surface area contributed by atoms with Crippen molar-refractivity contribution in [3.8, 4) is 0 Å². The van der Waals surface area contributed by atoms with Crippen LogP contribution in [0, 0.1) is 5.92 Å². The van der Waals surface area contributed by atoms with Gasteiger partial charge in [-0.05, 0) is 18.9 Å². The zero-order valence-corrected chi connectivity index (χ0v) is 13.1. The van der Waals surface area contributed by atoms with Crippen molar-refractivity contribution in [1.29, 1.82) is 0 Å². The highest BCUT2D eigenvalue weighted by molar-refractivity contribution is 6.30. The molecule has 3 rings (SSSR count). The van der Waals surface area contributed by atoms with Crippen LogP contribution in [0.4, 0.5) is 10.5 Å². The Bertz CT molecular complexity index is 614. The quantitative estimate of drug-likeness (QED) is 0.861. The standard InChI is InChI=1S/C15H18ClN3O3/c1-9-6-12-13(7-10(16)8-17-12)19(14(9)20)11-2-4-18(5-3-11)15(21)22/h7-9,11H,2-6H2,1H3,(H,21,22). The Morgan fingerprint density at radius 3 is 2.73 bits per heavy atom. The zero-order valence-electron chi connectivity index (χ0n) is 12.3. The molecule has 1 N–H and O–H groups in total. The second-order valence-electron chi connectivity index (χ2n) is 5.93. The summed E-state index contributed by atoms with van der Waals surface area (Å²) in [5.41, 5.74) is 1.67. The first-order valence-corrected chi connectivity index (χ1v) is 7.80. The van der Waals surface area contributed by atoms with Crippen molar-refractivity contribution in [2.45, 2.75) is 32.2 Å². The van der Waals surface area contributed by atoms with E-state index in [2.05, 4.69) is 4.98 Å². The maximum atomic E-state index is 12.6. The molecule has 0 radical (unpaired) electrons. The lowest BCUT2D eigenvalue weighted by Gasteiger charge is -2.41. The maximum Gasteiger partial charge on any atom is 0.407 e. The van der Waals surface area contributed by atoms with Crippen LogP contribution in [0.5, 0.6) is 0 Å². The van der Waals surface area contributed by atoms with Gasteiger partial charge in [0.2, 0.25) is 5.91 Å². The minimum Gasteiger partial charge on any atom is -0.465 e. The van der Waals surface area contributed by atoms with Gasteiger partial charge in [0.05, 0.1) is 16.4 Å². The summed E-state index contributed by atoms with van der Waals surface area (Å²) in [4.78, 5) is 31.2. The van der Waals surface area contributed by atoms with E-state index in [1.807, 2.05) is 6.92 Å². The summed E-state index contributed by atoms with van der Waals surface area (Å²) in [5, 5.41) is 9.55. The number of piperidine rings is 1. The molecule has 0 aromatic carbocycles. The fourth-order valence-electron chi connectivity index (χ4n) is 3.25. The van der Waals surface area contributed by atoms with Crippen molar-refractivity contribution in [3.63, 3.8) is 0 Å². The molecule has 3 heterocycles. The molecule has 0 saturated carbocycles. The highest BCUT2D eigenvalue weighted by atomic mass is 35.5. The summed E-state index contributed by atoms with van der Waals surface area (Å²) in [6.45, 7) is 2.80. The van der Waals surface area contributed by atoms with Crippen molar-refractivity contribution < 1.29 is 14.7 Å². The van der Waals surface area contributed by atoms with Gasteiger partial charge in [-0.2, -0.15) is 0 Å². The van der Waals surface area contributed by atoms with Gasteiger partial charge in [0.15, 0.2) is 0 Å². The third-order valence-corrected chi connectivity index (χ3v) is 4.64. The molecule has 0 aliphatic carbocycles. The summed E-state index contributed by atoms with van der Waals surface area (Å²) < 4.78 is 0. The van der Waals surface area contributed by atoms with Crippen LogP contribution in [-0.2, 0) is 11.2 Å². The molecule has 0 bridgehead atoms. The first kappa shape index (κ1) is 15.1. The lowest BCUT2D eigenvalue weighted by atomic mass is 9.92. The van der Waals surface area contributed by atoms with Crippen LogP contribution in [0.2, 0.25) is 5.02 Å². The number of fused-ring (bicyclic) bond motifs is 1. The molecule has 1 aromatic rings. The summed E-state index contributed by atoms with van der Waals surface area (Å²) in [5.74, 6) is -0.0379. The molecule has 1 aromatic heterocycles. The average Bonchev–Trinajstić information content (AvgIpc) is 2.49. The number of halogens is 1. The van der Waals surface area contributed by atoms with Crippen LogP contribution >= 0.6 is 11.6 Å². The number of aromatic nitrogens is 1. The number of carbonyl (C=O) groups excluding carboxylic acids is 1. The topological polar surface area (TPSA) is 73.7 Å². The lowest BCUT2D eigenvalue weighted by molar-refractivity contribution is -0.123. The Kier molecular flexibility index (Phi) is 3.95. The average molecular weight is 324 g/mol. The highest BCUT2D eigenvalue weighted by Crippen LogP contribution is 2.35. The first-order chi connectivity index (χ1) is 10.5. The van der Waals surface area contributed by atoms with E-state index in [-0.39, 0.29) is 17.9 Å². The number of rotatable bonds is 1. The molecule has 1 fully saturated rings. The number of anilines is 1. The van der Waals surface area contributed by atoms with Gasteiger partial charge in [-0.1, -0.05) is 18.5 Å². The Morgan fingerprint density at radius 1 is 1.41 bits per heavy atom. The minimum absolute atomic E-state index is 0.00451. The highest BCUT2D eigenvalue weighted by Gasteiger charge is 2.37. The number of pyridine rings is 1. The van der Waals surface area contributed by atoms with Gasteiger partial charge in [-0.25, -0.2) is 4.79 Å². The van der Waals surface area contributed by atoms with Crippen LogP contribution in [0.3, 0.4) is 0 Å². The molecule has 2 aliphatic rings. The molecule has 1 unspecified atom stereocenters. The van der Waals surface area contributed by atoms with E-state index in [4.69, 9.17) is 16.7 Å². The predicted octanol–water partition coefficient (Wildman–Crippen LogP) is 2.40. The number of hydrogen-bond donors (Lipinski definition) is 1. The second kappa shape index (κ2) is 5.76. The lowest BCUT2D eigenvalue weighted by Crippen LogP contribution is -2.52. The number of likely N-dealkylation sites (tertiary alicyclic amines) is 1. The number of hydrogen-bond acceptors (Lipinski definition) is 3. The van der Waals surface area contributed by atoms with Crippen molar-refractivity contribution in [3.05, 3.63) is 23.0 Å². The Labute approximate surface area is 133 Å². The van der Waals surface area contributed by atoms with Crippen LogP contribution in [-0.4, -0.2) is 46.1 Å². The molecule has 2 aliphatic heterocycles. The fraction of sp³-hybridized carbons (Fsp3) is 0.533. The smallest absolute Gasteiger partial charge is 0.407 e. The van der Waals surface area contributed by atoms with Crippen LogP contribution in [0.25, 0.3) is 0 Å². The first-order valence-electron chi connectivity index (χ1n) is 7.42. The minimum atomic E-state index is -0.901. The van der Waals surface area contributed by atoms with Crippen LogP contribution in [0.1, 0.15) is 25.5 Å². The monoisotopic (exact) mass is 323 g/mol. The largest absolute Gasteiger partial charge is 0.465 e. The Hall–Kier alpha value is -1.82. The Morgan fingerprint density at radius 2 is 2.09 bits per heavy atom. The molecule has 118 valence electrons. The summed E-state index contributed by atoms with van der Waals surface area (Å²) in [6, 6.07) is 1.79. The van der Waals surface area contributed by atoms with Gasteiger partial charge in [0, 0.05) is 37.7 Å². The van der Waals surface area contributed by atoms with Gasteiger partial charge in [-0.15, -0.1) is 0 Å². The van der Waals surface area contributed by atoms with E-state index >= 15 is 0 Å². The second-order valence-corrected chi connectivity index (χ2v) is 6.37. The number of carbonyl (C=O) groups is 2. The molecule has 2 amide bonds. The van der Waals surface area contributed by atoms with Gasteiger partial charge >= 0.3 is 6.09 Å². The Balaban J connectivity index is 1.88. The number of carboxylic acid groups (broad SMARTS) is 1. The van der Waals surface area contributed by atoms with Gasteiger partial charge < -0.3 is 14.9 Å². The maximum absolute atomic E-state index is 12.6. The van der Waals surface area contributed by atoms with E-state index in [1.165, 1.54) is 4.90 Å². The number of amides is 2. The van der Waals surface area contributed by atoms with E-state index < -0.39 is 6.09 Å². The third-order valence-electron chi connectivity index (χ3n) is 4.43. The van der Waals surface area contributed by atoms with Crippen LogP contribution < -0.4 is 4.90 Å². The van der Waals surface area contributed by atoms with Crippen molar-refractivity contribution in [2.75, 3.05) is 18.0 Å². The van der Waals surface area contributed by atoms with Gasteiger partial charge in [0.1, 0.15) is 0 Å². The fourth-order valence-corrected chi connectivity index (χ4v) is 3.40. The van der Waals surface area contributed by atoms with E-state index in [0.29, 0.717) is 37.4 Å².